The lowest BCUT2D eigenvalue weighted by atomic mass is 9.93. The highest BCUT2D eigenvalue weighted by Crippen LogP contribution is 2.32. The number of fused-ring (bicyclic) bond motifs is 2. The molecule has 8 nitrogen and oxygen atoms in total. The molecule has 2 amide bonds. The first-order chi connectivity index (χ1) is 22.6. The second-order valence-corrected chi connectivity index (χ2v) is 13.1. The Balaban J connectivity index is 0.000000164. The van der Waals surface area contributed by atoms with Gasteiger partial charge in [-0.2, -0.15) is 10.2 Å². The van der Waals surface area contributed by atoms with E-state index in [1.807, 2.05) is 54.5 Å². The number of amides is 2. The molecule has 0 spiro atoms. The van der Waals surface area contributed by atoms with Crippen LogP contribution < -0.4 is 10.6 Å². The molecule has 0 bridgehead atoms. The molecule has 6 aromatic rings. The van der Waals surface area contributed by atoms with Crippen LogP contribution in [0.4, 0.5) is 0 Å². The second kappa shape index (κ2) is 13.1. The third-order valence-corrected chi connectivity index (χ3v) is 9.49. The van der Waals surface area contributed by atoms with Gasteiger partial charge in [-0.25, -0.2) is 0 Å². The summed E-state index contributed by atoms with van der Waals surface area (Å²) in [5, 5.41) is 19.7. The normalized spacial score (nSPS) is 13.9. The van der Waals surface area contributed by atoms with Crippen molar-refractivity contribution in [3.63, 3.8) is 0 Å². The maximum atomic E-state index is 12.4. The van der Waals surface area contributed by atoms with Crippen LogP contribution >= 0.6 is 0 Å². The molecule has 4 aromatic carbocycles. The smallest absolute Gasteiger partial charge is 0.251 e. The van der Waals surface area contributed by atoms with E-state index in [0.717, 1.165) is 92.0 Å². The highest BCUT2D eigenvalue weighted by Gasteiger charge is 2.25. The van der Waals surface area contributed by atoms with Gasteiger partial charge < -0.3 is 10.6 Å². The molecule has 8 rings (SSSR count). The lowest BCUT2D eigenvalue weighted by molar-refractivity contribution is 0.0942. The number of aromatic amines is 1. The molecular weight excluding hydrogens is 596 g/mol. The number of aromatic nitrogens is 4. The van der Waals surface area contributed by atoms with Crippen molar-refractivity contribution in [2.45, 2.75) is 72.9 Å². The minimum absolute atomic E-state index is 0. The third kappa shape index (κ3) is 6.74. The van der Waals surface area contributed by atoms with E-state index in [0.29, 0.717) is 12.1 Å². The first-order valence-electron chi connectivity index (χ1n) is 16.3. The Morgan fingerprint density at radius 1 is 0.708 bits per heavy atom. The van der Waals surface area contributed by atoms with Crippen LogP contribution in [-0.4, -0.2) is 43.9 Å². The zero-order valence-corrected chi connectivity index (χ0v) is 27.6. The Hall–Kier alpha value is -5.24. The van der Waals surface area contributed by atoms with E-state index >= 15 is 0 Å². The fourth-order valence-corrected chi connectivity index (χ4v) is 6.01. The van der Waals surface area contributed by atoms with Crippen LogP contribution in [0.2, 0.25) is 0 Å². The van der Waals surface area contributed by atoms with Gasteiger partial charge in [-0.15, -0.1) is 0 Å². The van der Waals surface area contributed by atoms with E-state index in [-0.39, 0.29) is 19.2 Å². The SMILES string of the molecule is C.Cc1cc(C(=O)NC2CC2)cc(-c2ccc3[nH]ncc3c2)c1C.Cc1cc(C(=O)NC2CC2)cc(-c2ccc3c(cnn3C)c2)c1C. The molecule has 246 valence electrons. The van der Waals surface area contributed by atoms with E-state index < -0.39 is 0 Å². The molecule has 2 heterocycles. The predicted octanol–water partition coefficient (Wildman–Crippen LogP) is 8.12. The molecule has 3 N–H and O–H groups in total. The quantitative estimate of drug-likeness (QED) is 0.171. The Morgan fingerprint density at radius 2 is 1.23 bits per heavy atom. The fourth-order valence-electron chi connectivity index (χ4n) is 6.01. The van der Waals surface area contributed by atoms with Crippen molar-refractivity contribution in [1.82, 2.24) is 30.6 Å². The van der Waals surface area contributed by atoms with E-state index in [4.69, 9.17) is 0 Å². The zero-order chi connectivity index (χ0) is 32.8. The maximum absolute atomic E-state index is 12.4. The average molecular weight is 641 g/mol. The first kappa shape index (κ1) is 32.7. The van der Waals surface area contributed by atoms with E-state index in [2.05, 4.69) is 84.0 Å². The Kier molecular flexibility index (Phi) is 8.93. The molecule has 0 unspecified atom stereocenters. The number of carbonyl (C=O) groups excluding carboxylic acids is 2. The van der Waals surface area contributed by atoms with Gasteiger partial charge in [0.1, 0.15) is 0 Å². The van der Waals surface area contributed by atoms with Crippen molar-refractivity contribution in [2.24, 2.45) is 7.05 Å². The molecule has 2 aliphatic carbocycles. The van der Waals surface area contributed by atoms with Crippen molar-refractivity contribution in [3.8, 4) is 22.3 Å². The number of H-pyrrole nitrogens is 1. The lowest BCUT2D eigenvalue weighted by Crippen LogP contribution is -2.25. The molecule has 2 fully saturated rings. The van der Waals surface area contributed by atoms with Gasteiger partial charge in [0.2, 0.25) is 0 Å². The summed E-state index contributed by atoms with van der Waals surface area (Å²) in [6.07, 6.45) is 8.10. The number of hydrogen-bond donors (Lipinski definition) is 3. The van der Waals surface area contributed by atoms with Crippen LogP contribution in [0, 0.1) is 27.7 Å². The Labute approximate surface area is 282 Å². The molecule has 2 aliphatic rings. The molecule has 48 heavy (non-hydrogen) atoms. The third-order valence-electron chi connectivity index (χ3n) is 9.49. The molecule has 2 aromatic heterocycles. The summed E-state index contributed by atoms with van der Waals surface area (Å²) in [4.78, 5) is 24.8. The summed E-state index contributed by atoms with van der Waals surface area (Å²) >= 11 is 0. The number of aryl methyl sites for hydroxylation is 3. The molecule has 0 saturated heterocycles. The average Bonchev–Trinajstić information content (AvgIpc) is 3.98. The number of carbonyl (C=O) groups is 2. The molecule has 8 heteroatoms. The number of nitrogens with one attached hydrogen (secondary N) is 3. The van der Waals surface area contributed by atoms with Crippen molar-refractivity contribution >= 4 is 33.6 Å². The van der Waals surface area contributed by atoms with Crippen LogP contribution in [0.25, 0.3) is 44.1 Å². The first-order valence-corrected chi connectivity index (χ1v) is 16.3. The number of rotatable bonds is 6. The summed E-state index contributed by atoms with van der Waals surface area (Å²) in [5.74, 6) is 0.0607. The van der Waals surface area contributed by atoms with Crippen LogP contribution in [0.3, 0.4) is 0 Å². The molecular formula is C40H44N6O2. The van der Waals surface area contributed by atoms with Gasteiger partial charge >= 0.3 is 0 Å². The number of nitrogens with zero attached hydrogens (tertiary/aromatic N) is 3. The largest absolute Gasteiger partial charge is 0.349 e. The number of hydrogen-bond acceptors (Lipinski definition) is 4. The molecule has 2 saturated carbocycles. The van der Waals surface area contributed by atoms with Crippen molar-refractivity contribution in [2.75, 3.05) is 0 Å². The molecule has 0 radical (unpaired) electrons. The van der Waals surface area contributed by atoms with Gasteiger partial charge in [0.15, 0.2) is 0 Å². The van der Waals surface area contributed by atoms with Gasteiger partial charge in [0.25, 0.3) is 11.8 Å². The van der Waals surface area contributed by atoms with Crippen LogP contribution in [0.15, 0.2) is 73.1 Å². The van der Waals surface area contributed by atoms with Gasteiger partial charge in [-0.1, -0.05) is 19.6 Å². The topological polar surface area (TPSA) is 105 Å². The standard InChI is InChI=1S/C20H21N3O.C19H19N3O.CH4/c1-12-8-15(20(24)22-17-5-6-17)10-18(13(12)2)14-4-7-19-16(9-14)11-21-23(19)3;1-11-7-14(19(23)21-16-4-5-16)9-17(12(11)2)13-3-6-18-15(8-13)10-20-22-18;/h4,7-11,17H,5-6H2,1-3H3,(H,22,24);3,6-10,16H,4-5H2,1-2H3,(H,20,22)(H,21,23);1H4. The van der Waals surface area contributed by atoms with E-state index in [1.54, 1.807) is 0 Å². The summed E-state index contributed by atoms with van der Waals surface area (Å²) in [6, 6.07) is 21.3. The second-order valence-electron chi connectivity index (χ2n) is 13.1. The van der Waals surface area contributed by atoms with Crippen LogP contribution in [-0.2, 0) is 7.05 Å². The highest BCUT2D eigenvalue weighted by atomic mass is 16.2. The molecule has 0 atom stereocenters. The van der Waals surface area contributed by atoms with Crippen molar-refractivity contribution < 1.29 is 9.59 Å². The van der Waals surface area contributed by atoms with Crippen LogP contribution in [0.5, 0.6) is 0 Å². The summed E-state index contributed by atoms with van der Waals surface area (Å²) in [7, 11) is 1.94. The van der Waals surface area contributed by atoms with Gasteiger partial charge in [-0.05, 0) is 146 Å². The maximum Gasteiger partial charge on any atom is 0.251 e. The molecule has 0 aliphatic heterocycles. The zero-order valence-electron chi connectivity index (χ0n) is 27.6. The lowest BCUT2D eigenvalue weighted by Gasteiger charge is -2.13. The van der Waals surface area contributed by atoms with E-state index in [1.165, 1.54) is 11.1 Å². The highest BCUT2D eigenvalue weighted by molar-refractivity contribution is 5.98. The fraction of sp³-hybridized carbons (Fsp3) is 0.300. The Morgan fingerprint density at radius 3 is 1.77 bits per heavy atom. The Bertz CT molecular complexity index is 2170. The summed E-state index contributed by atoms with van der Waals surface area (Å²) < 4.78 is 1.87. The minimum Gasteiger partial charge on any atom is -0.349 e. The number of benzene rings is 4. The minimum atomic E-state index is 0. The monoisotopic (exact) mass is 640 g/mol. The van der Waals surface area contributed by atoms with Crippen LogP contribution in [0.1, 0.15) is 76.1 Å². The summed E-state index contributed by atoms with van der Waals surface area (Å²) in [5.41, 5.74) is 12.7. The summed E-state index contributed by atoms with van der Waals surface area (Å²) in [6.45, 7) is 8.34. The van der Waals surface area contributed by atoms with Gasteiger partial charge in [0, 0.05) is 41.0 Å². The van der Waals surface area contributed by atoms with E-state index in [9.17, 15) is 9.59 Å². The predicted molar refractivity (Wildman–Crippen MR) is 194 cm³/mol. The van der Waals surface area contributed by atoms with Gasteiger partial charge in [0.05, 0.1) is 23.4 Å². The van der Waals surface area contributed by atoms with Crippen molar-refractivity contribution in [3.05, 3.63) is 106 Å². The van der Waals surface area contributed by atoms with Gasteiger partial charge in [-0.3, -0.25) is 19.4 Å². The van der Waals surface area contributed by atoms with Crippen molar-refractivity contribution in [1.29, 1.82) is 0 Å².